The van der Waals surface area contributed by atoms with E-state index in [9.17, 15) is 0 Å². The van der Waals surface area contributed by atoms with Crippen molar-refractivity contribution in [2.24, 2.45) is 5.16 Å². The summed E-state index contributed by atoms with van der Waals surface area (Å²) in [6.45, 7) is 3.53. The SMILES string of the molecule is ON=Cc1ccc(-c2ccc(CN3CCCC3)cc2)cc1. The van der Waals surface area contributed by atoms with Crippen molar-refractivity contribution in [2.45, 2.75) is 19.4 Å². The second-order valence-corrected chi connectivity index (χ2v) is 5.55. The zero-order chi connectivity index (χ0) is 14.5. The van der Waals surface area contributed by atoms with E-state index >= 15 is 0 Å². The number of oxime groups is 1. The van der Waals surface area contributed by atoms with Gasteiger partial charge in [-0.15, -0.1) is 0 Å². The molecule has 0 aromatic heterocycles. The number of benzene rings is 2. The second-order valence-electron chi connectivity index (χ2n) is 5.55. The number of likely N-dealkylation sites (tertiary alicyclic amines) is 1. The lowest BCUT2D eigenvalue weighted by atomic mass is 10.0. The number of hydrogen-bond acceptors (Lipinski definition) is 3. The van der Waals surface area contributed by atoms with Gasteiger partial charge in [-0.05, 0) is 48.2 Å². The highest BCUT2D eigenvalue weighted by Gasteiger charge is 2.11. The van der Waals surface area contributed by atoms with Crippen LogP contribution in [0.1, 0.15) is 24.0 Å². The minimum absolute atomic E-state index is 0.895. The first-order valence-electron chi connectivity index (χ1n) is 7.44. The van der Waals surface area contributed by atoms with Crippen LogP contribution in [0.2, 0.25) is 0 Å². The van der Waals surface area contributed by atoms with Crippen LogP contribution in [0, 0.1) is 0 Å². The third-order valence-electron chi connectivity index (χ3n) is 4.01. The van der Waals surface area contributed by atoms with Gasteiger partial charge in [-0.1, -0.05) is 53.7 Å². The lowest BCUT2D eigenvalue weighted by Gasteiger charge is -2.14. The summed E-state index contributed by atoms with van der Waals surface area (Å²) in [5, 5.41) is 11.6. The van der Waals surface area contributed by atoms with Gasteiger partial charge in [0.2, 0.25) is 0 Å². The van der Waals surface area contributed by atoms with E-state index in [-0.39, 0.29) is 0 Å². The summed E-state index contributed by atoms with van der Waals surface area (Å²) in [7, 11) is 0. The van der Waals surface area contributed by atoms with Crippen LogP contribution in [-0.4, -0.2) is 29.4 Å². The zero-order valence-electron chi connectivity index (χ0n) is 12.1. The molecule has 1 aliphatic heterocycles. The maximum atomic E-state index is 8.52. The summed E-state index contributed by atoms with van der Waals surface area (Å²) >= 11 is 0. The van der Waals surface area contributed by atoms with Crippen molar-refractivity contribution < 1.29 is 5.21 Å². The molecule has 1 saturated heterocycles. The smallest absolute Gasteiger partial charge is 0.0733 e. The molecular formula is C18H20N2O. The molecule has 0 bridgehead atoms. The Balaban J connectivity index is 1.70. The van der Waals surface area contributed by atoms with E-state index < -0.39 is 0 Å². The van der Waals surface area contributed by atoms with Crippen LogP contribution in [-0.2, 0) is 6.54 Å². The monoisotopic (exact) mass is 280 g/mol. The summed E-state index contributed by atoms with van der Waals surface area (Å²) in [5.74, 6) is 0. The second kappa shape index (κ2) is 6.55. The van der Waals surface area contributed by atoms with Crippen molar-refractivity contribution >= 4 is 6.21 Å². The van der Waals surface area contributed by atoms with E-state index in [4.69, 9.17) is 5.21 Å². The van der Waals surface area contributed by atoms with Gasteiger partial charge in [0, 0.05) is 6.54 Å². The van der Waals surface area contributed by atoms with Gasteiger partial charge in [-0.2, -0.15) is 0 Å². The summed E-state index contributed by atoms with van der Waals surface area (Å²) < 4.78 is 0. The molecule has 0 unspecified atom stereocenters. The minimum Gasteiger partial charge on any atom is -0.411 e. The van der Waals surface area contributed by atoms with Crippen molar-refractivity contribution in [3.05, 3.63) is 59.7 Å². The van der Waals surface area contributed by atoms with E-state index in [1.807, 2.05) is 24.3 Å². The van der Waals surface area contributed by atoms with Crippen molar-refractivity contribution in [1.82, 2.24) is 4.90 Å². The van der Waals surface area contributed by atoms with Gasteiger partial charge in [0.1, 0.15) is 0 Å². The molecule has 3 nitrogen and oxygen atoms in total. The number of hydrogen-bond donors (Lipinski definition) is 1. The van der Waals surface area contributed by atoms with Crippen LogP contribution in [0.3, 0.4) is 0 Å². The zero-order valence-corrected chi connectivity index (χ0v) is 12.1. The van der Waals surface area contributed by atoms with Gasteiger partial charge in [-0.25, -0.2) is 0 Å². The van der Waals surface area contributed by atoms with E-state index in [0.717, 1.165) is 12.1 Å². The molecule has 1 fully saturated rings. The summed E-state index contributed by atoms with van der Waals surface area (Å²) in [6, 6.07) is 16.8. The van der Waals surface area contributed by atoms with Crippen LogP contribution < -0.4 is 0 Å². The van der Waals surface area contributed by atoms with Gasteiger partial charge in [0.15, 0.2) is 0 Å². The number of rotatable bonds is 4. The first kappa shape index (κ1) is 13.8. The van der Waals surface area contributed by atoms with E-state index in [1.165, 1.54) is 48.8 Å². The first-order chi connectivity index (χ1) is 10.3. The molecule has 1 heterocycles. The first-order valence-corrected chi connectivity index (χ1v) is 7.44. The van der Waals surface area contributed by atoms with Gasteiger partial charge in [0.25, 0.3) is 0 Å². The van der Waals surface area contributed by atoms with Crippen LogP contribution in [0.25, 0.3) is 11.1 Å². The Hall–Kier alpha value is -2.13. The average Bonchev–Trinajstić information content (AvgIpc) is 3.02. The van der Waals surface area contributed by atoms with Crippen molar-refractivity contribution in [3.63, 3.8) is 0 Å². The molecule has 2 aromatic carbocycles. The van der Waals surface area contributed by atoms with Crippen LogP contribution in [0.4, 0.5) is 0 Å². The van der Waals surface area contributed by atoms with Gasteiger partial charge < -0.3 is 5.21 Å². The molecule has 0 atom stereocenters. The fourth-order valence-electron chi connectivity index (χ4n) is 2.83. The quantitative estimate of drug-likeness (QED) is 0.526. The molecule has 3 rings (SSSR count). The molecule has 1 N–H and O–H groups in total. The Morgan fingerprint density at radius 3 is 2.05 bits per heavy atom. The molecule has 0 radical (unpaired) electrons. The Labute approximate surface area is 125 Å². The summed E-state index contributed by atoms with van der Waals surface area (Å²) in [6.07, 6.45) is 4.10. The molecule has 0 spiro atoms. The molecule has 108 valence electrons. The maximum Gasteiger partial charge on any atom is 0.0733 e. The average molecular weight is 280 g/mol. The largest absolute Gasteiger partial charge is 0.411 e. The fourth-order valence-corrected chi connectivity index (χ4v) is 2.83. The molecule has 0 aliphatic carbocycles. The van der Waals surface area contributed by atoms with E-state index in [2.05, 4.69) is 34.3 Å². The lowest BCUT2D eigenvalue weighted by molar-refractivity contribution is 0.322. The van der Waals surface area contributed by atoms with Crippen LogP contribution in [0.5, 0.6) is 0 Å². The van der Waals surface area contributed by atoms with Gasteiger partial charge in [-0.3, -0.25) is 4.90 Å². The lowest BCUT2D eigenvalue weighted by Crippen LogP contribution is -2.18. The molecule has 2 aromatic rings. The Bertz CT molecular complexity index is 596. The third-order valence-corrected chi connectivity index (χ3v) is 4.01. The van der Waals surface area contributed by atoms with Gasteiger partial charge >= 0.3 is 0 Å². The van der Waals surface area contributed by atoms with E-state index in [0.29, 0.717) is 0 Å². The molecule has 0 amide bonds. The fraction of sp³-hybridized carbons (Fsp3) is 0.278. The third kappa shape index (κ3) is 3.50. The minimum atomic E-state index is 0.895. The Morgan fingerprint density at radius 2 is 1.48 bits per heavy atom. The maximum absolute atomic E-state index is 8.52. The molecule has 1 aliphatic rings. The Morgan fingerprint density at radius 1 is 0.905 bits per heavy atom. The Kier molecular flexibility index (Phi) is 4.31. The number of nitrogens with zero attached hydrogens (tertiary/aromatic N) is 2. The molecule has 21 heavy (non-hydrogen) atoms. The topological polar surface area (TPSA) is 35.8 Å². The van der Waals surface area contributed by atoms with Crippen molar-refractivity contribution in [1.29, 1.82) is 0 Å². The van der Waals surface area contributed by atoms with Crippen LogP contribution in [0.15, 0.2) is 53.7 Å². The normalized spacial score (nSPS) is 15.8. The molecular weight excluding hydrogens is 260 g/mol. The van der Waals surface area contributed by atoms with Crippen molar-refractivity contribution in [3.8, 4) is 11.1 Å². The summed E-state index contributed by atoms with van der Waals surface area (Å²) in [5.41, 5.74) is 4.67. The molecule has 3 heteroatoms. The highest BCUT2D eigenvalue weighted by Crippen LogP contribution is 2.21. The predicted molar refractivity (Wildman–Crippen MR) is 85.8 cm³/mol. The van der Waals surface area contributed by atoms with E-state index in [1.54, 1.807) is 0 Å². The molecule has 0 saturated carbocycles. The van der Waals surface area contributed by atoms with Crippen LogP contribution >= 0.6 is 0 Å². The predicted octanol–water partition coefficient (Wildman–Crippen LogP) is 3.76. The van der Waals surface area contributed by atoms with Gasteiger partial charge in [0.05, 0.1) is 6.21 Å². The highest BCUT2D eigenvalue weighted by atomic mass is 16.4. The van der Waals surface area contributed by atoms with Crippen molar-refractivity contribution in [2.75, 3.05) is 13.1 Å². The summed E-state index contributed by atoms with van der Waals surface area (Å²) in [4.78, 5) is 2.51. The highest BCUT2D eigenvalue weighted by molar-refractivity contribution is 5.80. The standard InChI is InChI=1S/C18H20N2O/c21-19-13-15-3-7-17(8-4-15)18-9-5-16(6-10-18)14-20-11-1-2-12-20/h3-10,13,21H,1-2,11-12,14H2.